The summed E-state index contributed by atoms with van der Waals surface area (Å²) in [6.45, 7) is 1.26. The van der Waals surface area contributed by atoms with E-state index >= 15 is 0 Å². The summed E-state index contributed by atoms with van der Waals surface area (Å²) < 4.78 is 23.9. The second kappa shape index (κ2) is 7.81. The van der Waals surface area contributed by atoms with Gasteiger partial charge in [0.1, 0.15) is 18.2 Å². The number of hydrogen-bond acceptors (Lipinski definition) is 3. The third kappa shape index (κ3) is 4.88. The van der Waals surface area contributed by atoms with Crippen molar-refractivity contribution in [3.8, 4) is 0 Å². The molecule has 0 aliphatic carbocycles. The molecule has 0 atom stereocenters. The van der Waals surface area contributed by atoms with Gasteiger partial charge in [-0.3, -0.25) is 4.79 Å². The molecule has 6 heteroatoms. The molecule has 112 valence electrons. The van der Waals surface area contributed by atoms with Crippen LogP contribution >= 0.6 is 11.6 Å². The molecule has 0 spiro atoms. The van der Waals surface area contributed by atoms with Crippen LogP contribution in [0.2, 0.25) is 5.02 Å². The summed E-state index contributed by atoms with van der Waals surface area (Å²) in [6.07, 6.45) is 2.20. The maximum Gasteiger partial charge on any atom is 0.254 e. The van der Waals surface area contributed by atoms with E-state index in [2.05, 4.69) is 5.32 Å². The largest absolute Gasteiger partial charge is 0.467 e. The number of furan rings is 1. The van der Waals surface area contributed by atoms with Gasteiger partial charge in [0.25, 0.3) is 5.91 Å². The summed E-state index contributed by atoms with van der Waals surface area (Å²) >= 11 is 5.74. The third-order valence-electron chi connectivity index (χ3n) is 2.75. The maximum atomic E-state index is 13.5. The second-order valence-corrected chi connectivity index (χ2v) is 4.80. The normalized spacial score (nSPS) is 10.6. The summed E-state index contributed by atoms with van der Waals surface area (Å²) in [5.41, 5.74) is -0.0565. The van der Waals surface area contributed by atoms with Gasteiger partial charge in [0.2, 0.25) is 0 Å². The predicted molar refractivity (Wildman–Crippen MR) is 76.7 cm³/mol. The van der Waals surface area contributed by atoms with E-state index in [1.54, 1.807) is 12.3 Å². The fourth-order valence-electron chi connectivity index (χ4n) is 1.71. The number of hydrogen-bond donors (Lipinski definition) is 1. The Morgan fingerprint density at radius 1 is 1.38 bits per heavy atom. The lowest BCUT2D eigenvalue weighted by molar-refractivity contribution is 0.0914. The zero-order valence-corrected chi connectivity index (χ0v) is 12.0. The van der Waals surface area contributed by atoms with Crippen molar-refractivity contribution >= 4 is 17.5 Å². The van der Waals surface area contributed by atoms with Gasteiger partial charge < -0.3 is 14.5 Å². The van der Waals surface area contributed by atoms with Gasteiger partial charge in [-0.05, 0) is 36.8 Å². The van der Waals surface area contributed by atoms with Gasteiger partial charge in [0.05, 0.1) is 11.8 Å². The highest BCUT2D eigenvalue weighted by Gasteiger charge is 2.11. The number of amides is 1. The van der Waals surface area contributed by atoms with E-state index in [9.17, 15) is 9.18 Å². The molecule has 0 saturated carbocycles. The average Bonchev–Trinajstić information content (AvgIpc) is 2.98. The Hall–Kier alpha value is -1.85. The highest BCUT2D eigenvalue weighted by molar-refractivity contribution is 6.30. The molecule has 2 aromatic rings. The van der Waals surface area contributed by atoms with Crippen molar-refractivity contribution in [3.63, 3.8) is 0 Å². The minimum absolute atomic E-state index is 0.0565. The minimum atomic E-state index is -0.592. The van der Waals surface area contributed by atoms with Crippen LogP contribution in [0.25, 0.3) is 0 Å². The van der Waals surface area contributed by atoms with Crippen LogP contribution in [0.15, 0.2) is 41.0 Å². The SMILES string of the molecule is O=C(NCCCOCc1ccco1)c1cc(Cl)ccc1F. The number of halogens is 2. The Labute approximate surface area is 126 Å². The number of ether oxygens (including phenoxy) is 1. The topological polar surface area (TPSA) is 51.5 Å². The lowest BCUT2D eigenvalue weighted by Gasteiger charge is -2.07. The molecule has 1 amide bonds. The molecule has 1 aromatic carbocycles. The first-order chi connectivity index (χ1) is 10.2. The molecule has 0 fully saturated rings. The molecule has 2 rings (SSSR count). The summed E-state index contributed by atoms with van der Waals surface area (Å²) in [7, 11) is 0. The standard InChI is InChI=1S/C15H15ClFNO3/c16-11-4-5-14(17)13(9-11)15(19)18-6-2-7-20-10-12-3-1-8-21-12/h1,3-5,8-9H,2,6-7,10H2,(H,18,19). The summed E-state index contributed by atoms with van der Waals surface area (Å²) in [6, 6.07) is 7.49. The average molecular weight is 312 g/mol. The van der Waals surface area contributed by atoms with E-state index in [0.717, 1.165) is 5.76 Å². The molecule has 1 N–H and O–H groups in total. The smallest absolute Gasteiger partial charge is 0.254 e. The fourth-order valence-corrected chi connectivity index (χ4v) is 1.88. The van der Waals surface area contributed by atoms with Crippen molar-refractivity contribution in [2.75, 3.05) is 13.2 Å². The summed E-state index contributed by atoms with van der Waals surface area (Å²) in [5.74, 6) is -0.327. The molecule has 0 unspecified atom stereocenters. The van der Waals surface area contributed by atoms with Crippen LogP contribution in [-0.4, -0.2) is 19.1 Å². The number of carbonyl (C=O) groups is 1. The molecular weight excluding hydrogens is 297 g/mol. The van der Waals surface area contributed by atoms with Crippen molar-refractivity contribution in [2.24, 2.45) is 0 Å². The highest BCUT2D eigenvalue weighted by Crippen LogP contribution is 2.14. The lowest BCUT2D eigenvalue weighted by Crippen LogP contribution is -2.26. The number of nitrogens with one attached hydrogen (secondary N) is 1. The highest BCUT2D eigenvalue weighted by atomic mass is 35.5. The summed E-state index contributed by atoms with van der Waals surface area (Å²) in [4.78, 5) is 11.8. The first kappa shape index (κ1) is 15.5. The van der Waals surface area contributed by atoms with Gasteiger partial charge in [-0.15, -0.1) is 0 Å². The molecule has 4 nitrogen and oxygen atoms in total. The Morgan fingerprint density at radius 3 is 3.00 bits per heavy atom. The van der Waals surface area contributed by atoms with E-state index in [4.69, 9.17) is 20.8 Å². The molecule has 1 heterocycles. The third-order valence-corrected chi connectivity index (χ3v) is 2.98. The Bertz CT molecular complexity index is 587. The Kier molecular flexibility index (Phi) is 5.78. The lowest BCUT2D eigenvalue weighted by atomic mass is 10.2. The molecule has 0 saturated heterocycles. The van der Waals surface area contributed by atoms with E-state index in [-0.39, 0.29) is 5.56 Å². The fraction of sp³-hybridized carbons (Fsp3) is 0.267. The first-order valence-corrected chi connectivity index (χ1v) is 6.88. The van der Waals surface area contributed by atoms with Crippen LogP contribution in [0.4, 0.5) is 4.39 Å². The Morgan fingerprint density at radius 2 is 2.24 bits per heavy atom. The molecule has 0 bridgehead atoms. The van der Waals surface area contributed by atoms with E-state index in [0.29, 0.717) is 31.2 Å². The van der Waals surface area contributed by atoms with Gasteiger partial charge in [-0.25, -0.2) is 4.39 Å². The molecule has 0 radical (unpaired) electrons. The molecule has 21 heavy (non-hydrogen) atoms. The first-order valence-electron chi connectivity index (χ1n) is 6.50. The maximum absolute atomic E-state index is 13.5. The van der Waals surface area contributed by atoms with E-state index in [1.807, 2.05) is 6.07 Å². The minimum Gasteiger partial charge on any atom is -0.467 e. The Balaban J connectivity index is 1.66. The van der Waals surface area contributed by atoms with Crippen LogP contribution in [0.5, 0.6) is 0 Å². The number of carbonyl (C=O) groups excluding carboxylic acids is 1. The van der Waals surface area contributed by atoms with Crippen LogP contribution in [0.1, 0.15) is 22.5 Å². The van der Waals surface area contributed by atoms with Crippen LogP contribution in [-0.2, 0) is 11.3 Å². The zero-order valence-electron chi connectivity index (χ0n) is 11.3. The van der Waals surface area contributed by atoms with E-state index in [1.165, 1.54) is 18.2 Å². The van der Waals surface area contributed by atoms with Gasteiger partial charge in [-0.1, -0.05) is 11.6 Å². The van der Waals surface area contributed by atoms with Gasteiger partial charge >= 0.3 is 0 Å². The molecule has 0 aliphatic heterocycles. The van der Waals surface area contributed by atoms with Crippen molar-refractivity contribution in [1.29, 1.82) is 0 Å². The number of rotatable bonds is 7. The van der Waals surface area contributed by atoms with Crippen molar-refractivity contribution in [3.05, 3.63) is 58.8 Å². The van der Waals surface area contributed by atoms with Crippen molar-refractivity contribution in [1.82, 2.24) is 5.32 Å². The number of benzene rings is 1. The van der Waals surface area contributed by atoms with E-state index < -0.39 is 11.7 Å². The zero-order chi connectivity index (χ0) is 15.1. The monoisotopic (exact) mass is 311 g/mol. The van der Waals surface area contributed by atoms with Crippen LogP contribution in [0, 0.1) is 5.82 Å². The van der Waals surface area contributed by atoms with Gasteiger partial charge in [0, 0.05) is 18.2 Å². The molecular formula is C15H15ClFNO3. The van der Waals surface area contributed by atoms with Gasteiger partial charge in [0.15, 0.2) is 0 Å². The second-order valence-electron chi connectivity index (χ2n) is 4.37. The molecule has 0 aliphatic rings. The van der Waals surface area contributed by atoms with Gasteiger partial charge in [-0.2, -0.15) is 0 Å². The summed E-state index contributed by atoms with van der Waals surface area (Å²) in [5, 5.41) is 2.94. The van der Waals surface area contributed by atoms with Crippen molar-refractivity contribution in [2.45, 2.75) is 13.0 Å². The molecule has 1 aromatic heterocycles. The predicted octanol–water partition coefficient (Wildman–Crippen LogP) is 3.41. The van der Waals surface area contributed by atoms with Crippen LogP contribution in [0.3, 0.4) is 0 Å². The van der Waals surface area contributed by atoms with Crippen LogP contribution < -0.4 is 5.32 Å². The quantitative estimate of drug-likeness (QED) is 0.797. The van der Waals surface area contributed by atoms with Crippen molar-refractivity contribution < 1.29 is 18.3 Å².